The predicted octanol–water partition coefficient (Wildman–Crippen LogP) is 0.123. The Balaban J connectivity index is -0.000000112. The average molecular weight is 176 g/mol. The second-order valence-corrected chi connectivity index (χ2v) is 1.08. The highest BCUT2D eigenvalue weighted by atomic mass is 16.4. The smallest absolute Gasteiger partial charge is 0.327 e. The van der Waals surface area contributed by atoms with Crippen molar-refractivity contribution in [1.29, 1.82) is 0 Å². The van der Waals surface area contributed by atoms with Gasteiger partial charge in [0, 0.05) is 19.3 Å². The van der Waals surface area contributed by atoms with Crippen LogP contribution in [0.15, 0.2) is 25.3 Å². The van der Waals surface area contributed by atoms with Gasteiger partial charge in [0.05, 0.1) is 0 Å². The Hall–Kier alpha value is -1.62. The van der Waals surface area contributed by atoms with Gasteiger partial charge in [-0.15, -0.1) is 0 Å². The first-order valence-corrected chi connectivity index (χ1v) is 2.70. The van der Waals surface area contributed by atoms with Crippen molar-refractivity contribution in [3.63, 3.8) is 0 Å². The molecule has 0 aromatic carbocycles. The molecule has 0 amide bonds. The van der Waals surface area contributed by atoms with E-state index in [9.17, 15) is 9.59 Å². The Morgan fingerprint density at radius 1 is 1.00 bits per heavy atom. The lowest BCUT2D eigenvalue weighted by Crippen LogP contribution is -1.82. The summed E-state index contributed by atoms with van der Waals surface area (Å²) >= 11 is 0. The number of aliphatic hydroxyl groups is 1. The fourth-order valence-corrected chi connectivity index (χ4v) is 0. The predicted molar refractivity (Wildman–Crippen MR) is 43.8 cm³/mol. The summed E-state index contributed by atoms with van der Waals surface area (Å²) in [7, 11) is 1.00. The molecule has 0 unspecified atom stereocenters. The molecule has 0 aliphatic rings. The van der Waals surface area contributed by atoms with Crippen molar-refractivity contribution in [3.05, 3.63) is 25.3 Å². The van der Waals surface area contributed by atoms with Gasteiger partial charge in [-0.3, -0.25) is 0 Å². The zero-order valence-electron chi connectivity index (χ0n) is 6.73. The molecule has 0 aliphatic carbocycles. The Kier molecular flexibility index (Phi) is 22.6. The van der Waals surface area contributed by atoms with Crippen LogP contribution in [0.5, 0.6) is 0 Å². The highest BCUT2D eigenvalue weighted by Gasteiger charge is 1.73. The van der Waals surface area contributed by atoms with E-state index < -0.39 is 11.9 Å². The van der Waals surface area contributed by atoms with Crippen LogP contribution in [-0.4, -0.2) is 34.4 Å². The van der Waals surface area contributed by atoms with Crippen LogP contribution < -0.4 is 0 Å². The Labute approximate surface area is 70.3 Å². The molecule has 0 saturated carbocycles. The fraction of sp³-hybridized carbons (Fsp3) is 0.143. The summed E-state index contributed by atoms with van der Waals surface area (Å²) in [5.74, 6) is -1.96. The van der Waals surface area contributed by atoms with Gasteiger partial charge in [-0.1, -0.05) is 13.2 Å². The van der Waals surface area contributed by atoms with Crippen LogP contribution >= 0.6 is 0 Å². The van der Waals surface area contributed by atoms with Crippen molar-refractivity contribution in [2.24, 2.45) is 0 Å². The van der Waals surface area contributed by atoms with Crippen molar-refractivity contribution >= 4 is 11.9 Å². The molecule has 70 valence electrons. The van der Waals surface area contributed by atoms with Gasteiger partial charge in [-0.05, 0) is 0 Å². The van der Waals surface area contributed by atoms with E-state index in [4.69, 9.17) is 15.3 Å². The highest BCUT2D eigenvalue weighted by Crippen LogP contribution is 1.55. The Morgan fingerprint density at radius 2 is 1.08 bits per heavy atom. The van der Waals surface area contributed by atoms with E-state index in [-0.39, 0.29) is 0 Å². The molecule has 0 spiro atoms. The van der Waals surface area contributed by atoms with Gasteiger partial charge in [-0.25, -0.2) is 9.59 Å². The van der Waals surface area contributed by atoms with Crippen molar-refractivity contribution in [3.8, 4) is 0 Å². The minimum atomic E-state index is -0.981. The molecule has 0 atom stereocenters. The molecule has 0 bridgehead atoms. The number of carboxylic acid groups (broad SMARTS) is 2. The van der Waals surface area contributed by atoms with E-state index in [0.29, 0.717) is 0 Å². The first-order valence-electron chi connectivity index (χ1n) is 2.70. The third-order valence-electron chi connectivity index (χ3n) is 0.349. The maximum absolute atomic E-state index is 9.25. The molecular weight excluding hydrogens is 164 g/mol. The lowest BCUT2D eigenvalue weighted by atomic mass is 10.7. The summed E-state index contributed by atoms with van der Waals surface area (Å²) < 4.78 is 0. The van der Waals surface area contributed by atoms with Crippen LogP contribution in [0.25, 0.3) is 0 Å². The molecule has 12 heavy (non-hydrogen) atoms. The van der Waals surface area contributed by atoms with Gasteiger partial charge >= 0.3 is 11.9 Å². The van der Waals surface area contributed by atoms with Crippen LogP contribution in [0.3, 0.4) is 0 Å². The molecule has 0 fully saturated rings. The molecule has 5 nitrogen and oxygen atoms in total. The van der Waals surface area contributed by atoms with E-state index in [0.717, 1.165) is 19.3 Å². The first-order chi connectivity index (χ1) is 5.54. The zero-order valence-corrected chi connectivity index (χ0v) is 6.73. The van der Waals surface area contributed by atoms with Gasteiger partial charge < -0.3 is 15.3 Å². The maximum Gasteiger partial charge on any atom is 0.327 e. The number of hydrogen-bond donors (Lipinski definition) is 3. The van der Waals surface area contributed by atoms with Crippen LogP contribution in [0.1, 0.15) is 0 Å². The number of rotatable bonds is 2. The largest absolute Gasteiger partial charge is 0.478 e. The topological polar surface area (TPSA) is 94.8 Å². The Bertz CT molecular complexity index is 132. The lowest BCUT2D eigenvalue weighted by molar-refractivity contribution is -0.132. The average Bonchev–Trinajstić information content (AvgIpc) is 2.09. The normalized spacial score (nSPS) is 5.83. The second-order valence-electron chi connectivity index (χ2n) is 1.08. The second kappa shape index (κ2) is 16.2. The molecule has 0 heterocycles. The molecular formula is C7H12O5. The van der Waals surface area contributed by atoms with E-state index in [2.05, 4.69) is 13.2 Å². The number of carboxylic acids is 2. The molecule has 3 N–H and O–H groups in total. The minimum Gasteiger partial charge on any atom is -0.478 e. The van der Waals surface area contributed by atoms with Crippen LogP contribution in [0, 0.1) is 0 Å². The molecule has 0 aromatic heterocycles. The van der Waals surface area contributed by atoms with Crippen molar-refractivity contribution in [2.75, 3.05) is 7.11 Å². The molecule has 0 rings (SSSR count). The summed E-state index contributed by atoms with van der Waals surface area (Å²) in [5, 5.41) is 22.2. The molecule has 5 heteroatoms. The summed E-state index contributed by atoms with van der Waals surface area (Å²) in [5.41, 5.74) is 0. The monoisotopic (exact) mass is 176 g/mol. The fourth-order valence-electron chi connectivity index (χ4n) is 0. The van der Waals surface area contributed by atoms with Crippen LogP contribution in [0.2, 0.25) is 0 Å². The van der Waals surface area contributed by atoms with Crippen molar-refractivity contribution < 1.29 is 24.9 Å². The van der Waals surface area contributed by atoms with E-state index >= 15 is 0 Å². The van der Waals surface area contributed by atoms with Crippen LogP contribution in [0.4, 0.5) is 0 Å². The van der Waals surface area contributed by atoms with Gasteiger partial charge in [0.25, 0.3) is 0 Å². The van der Waals surface area contributed by atoms with Gasteiger partial charge in [-0.2, -0.15) is 0 Å². The number of carbonyl (C=O) groups is 2. The summed E-state index contributed by atoms with van der Waals surface area (Å²) in [4.78, 5) is 18.5. The van der Waals surface area contributed by atoms with Gasteiger partial charge in [0.2, 0.25) is 0 Å². The third kappa shape index (κ3) is 80.6. The summed E-state index contributed by atoms with van der Waals surface area (Å²) in [6.07, 6.45) is 1.67. The van der Waals surface area contributed by atoms with E-state index in [1.807, 2.05) is 0 Å². The number of aliphatic carboxylic acids is 2. The van der Waals surface area contributed by atoms with Gasteiger partial charge in [0.1, 0.15) is 0 Å². The summed E-state index contributed by atoms with van der Waals surface area (Å²) in [6.45, 7) is 5.92. The third-order valence-corrected chi connectivity index (χ3v) is 0.349. The Morgan fingerprint density at radius 3 is 1.08 bits per heavy atom. The van der Waals surface area contributed by atoms with E-state index in [1.165, 1.54) is 0 Å². The number of aliphatic hydroxyl groups excluding tert-OH is 1. The highest BCUT2D eigenvalue weighted by molar-refractivity contribution is 5.79. The standard InChI is InChI=1S/2C3H4O2.CH4O/c2*1-2-3(4)5;1-2/h2*2H,1H2,(H,4,5);2H,1H3. The molecule has 0 saturated heterocycles. The van der Waals surface area contributed by atoms with Crippen molar-refractivity contribution in [1.82, 2.24) is 0 Å². The molecule has 0 radical (unpaired) electrons. The van der Waals surface area contributed by atoms with Crippen molar-refractivity contribution in [2.45, 2.75) is 0 Å². The quantitative estimate of drug-likeness (QED) is 0.519. The molecule has 0 aromatic rings. The first kappa shape index (κ1) is 16.8. The number of hydrogen-bond acceptors (Lipinski definition) is 3. The SMILES string of the molecule is C=CC(=O)O.C=CC(=O)O.CO. The lowest BCUT2D eigenvalue weighted by Gasteiger charge is -1.64. The maximum atomic E-state index is 9.25. The van der Waals surface area contributed by atoms with E-state index in [1.54, 1.807) is 0 Å². The van der Waals surface area contributed by atoms with Gasteiger partial charge in [0.15, 0.2) is 0 Å². The van der Waals surface area contributed by atoms with Crippen LogP contribution in [-0.2, 0) is 9.59 Å². The zero-order chi connectivity index (χ0) is 10.6. The minimum absolute atomic E-state index is 0.833. The summed E-state index contributed by atoms with van der Waals surface area (Å²) in [6, 6.07) is 0. The molecule has 0 aliphatic heterocycles.